The van der Waals surface area contributed by atoms with Crippen molar-refractivity contribution in [3.05, 3.63) is 56.7 Å². The Balaban J connectivity index is 1.62. The van der Waals surface area contributed by atoms with Gasteiger partial charge in [-0.15, -0.1) is 11.3 Å². The molecule has 1 saturated heterocycles. The minimum Gasteiger partial charge on any atom is -0.347 e. The number of benzene rings is 1. The second-order valence-corrected chi connectivity index (χ2v) is 7.76. The maximum atomic E-state index is 12.2. The molecule has 1 fully saturated rings. The molecule has 1 aliphatic heterocycles. The molecule has 3 rings (SSSR count). The first-order chi connectivity index (χ1) is 11.2. The monoisotopic (exact) mass is 349 g/mol. The molecule has 3 nitrogen and oxygen atoms in total. The molecule has 0 bridgehead atoms. The fraction of sp³-hybridized carbons (Fsp3) is 0.389. The lowest BCUT2D eigenvalue weighted by molar-refractivity contribution is -0.918. The van der Waals surface area contributed by atoms with E-state index >= 15 is 0 Å². The molecule has 0 atom stereocenters. The van der Waals surface area contributed by atoms with Crippen molar-refractivity contribution in [3.63, 3.8) is 0 Å². The van der Waals surface area contributed by atoms with E-state index in [1.807, 2.05) is 6.07 Å². The predicted molar refractivity (Wildman–Crippen MR) is 95.2 cm³/mol. The van der Waals surface area contributed by atoms with Gasteiger partial charge in [-0.2, -0.15) is 0 Å². The lowest BCUT2D eigenvalue weighted by atomic mass is 10.0. The van der Waals surface area contributed by atoms with E-state index in [1.54, 1.807) is 17.0 Å². The highest BCUT2D eigenvalue weighted by molar-refractivity contribution is 7.17. The summed E-state index contributed by atoms with van der Waals surface area (Å²) >= 11 is 7.20. The van der Waals surface area contributed by atoms with E-state index in [2.05, 4.69) is 23.5 Å². The molecule has 23 heavy (non-hydrogen) atoms. The average Bonchev–Trinajstić information content (AvgIpc) is 3.01. The van der Waals surface area contributed by atoms with Gasteiger partial charge in [-0.25, -0.2) is 0 Å². The predicted octanol–water partition coefficient (Wildman–Crippen LogP) is 2.90. The van der Waals surface area contributed by atoms with Gasteiger partial charge in [0.05, 0.1) is 22.3 Å². The van der Waals surface area contributed by atoms with E-state index in [0.717, 1.165) is 6.54 Å². The summed E-state index contributed by atoms with van der Waals surface area (Å²) in [5.74, 6) is -0.0537. The van der Waals surface area contributed by atoms with Gasteiger partial charge < -0.3 is 10.2 Å². The van der Waals surface area contributed by atoms with Crippen LogP contribution in [0, 0.1) is 0 Å². The molecule has 2 aromatic rings. The Morgan fingerprint density at radius 1 is 1.09 bits per heavy atom. The van der Waals surface area contributed by atoms with E-state index in [4.69, 9.17) is 11.6 Å². The van der Waals surface area contributed by atoms with E-state index in [-0.39, 0.29) is 5.91 Å². The number of hydrogen-bond donors (Lipinski definition) is 2. The molecule has 1 amide bonds. The Labute approximate surface area is 146 Å². The minimum absolute atomic E-state index is 0.0537. The zero-order valence-corrected chi connectivity index (χ0v) is 14.7. The Morgan fingerprint density at radius 2 is 1.83 bits per heavy atom. The van der Waals surface area contributed by atoms with Gasteiger partial charge in [-0.1, -0.05) is 35.9 Å². The largest absolute Gasteiger partial charge is 0.347 e. The van der Waals surface area contributed by atoms with Crippen molar-refractivity contribution in [2.45, 2.75) is 32.4 Å². The zero-order chi connectivity index (χ0) is 16.1. The summed E-state index contributed by atoms with van der Waals surface area (Å²) < 4.78 is 0.643. The van der Waals surface area contributed by atoms with Gasteiger partial charge >= 0.3 is 0 Å². The van der Waals surface area contributed by atoms with Gasteiger partial charge in [-0.05, 0) is 37.0 Å². The molecule has 0 aliphatic carbocycles. The maximum absolute atomic E-state index is 12.2. The molecular weight excluding hydrogens is 328 g/mol. The number of carbonyl (C=O) groups is 1. The van der Waals surface area contributed by atoms with E-state index < -0.39 is 0 Å². The van der Waals surface area contributed by atoms with Crippen molar-refractivity contribution in [1.29, 1.82) is 0 Å². The smallest absolute Gasteiger partial charge is 0.261 e. The van der Waals surface area contributed by atoms with Crippen molar-refractivity contribution in [1.82, 2.24) is 5.32 Å². The SMILES string of the molecule is O=C(NCc1ccccc1C[NH+]1CCCCC1)c1ccc(Cl)s1. The van der Waals surface area contributed by atoms with Crippen LogP contribution in [0.1, 0.15) is 40.1 Å². The third-order valence-corrected chi connectivity index (χ3v) is 5.59. The molecule has 0 radical (unpaired) electrons. The first kappa shape index (κ1) is 16.5. The second kappa shape index (κ2) is 7.95. The van der Waals surface area contributed by atoms with Gasteiger partial charge in [0.1, 0.15) is 6.54 Å². The van der Waals surface area contributed by atoms with E-state index in [0.29, 0.717) is 15.8 Å². The van der Waals surface area contributed by atoms with Gasteiger partial charge in [-0.3, -0.25) is 4.79 Å². The number of carbonyl (C=O) groups excluding carboxylic acids is 1. The van der Waals surface area contributed by atoms with Crippen molar-refractivity contribution in [3.8, 4) is 0 Å². The maximum Gasteiger partial charge on any atom is 0.261 e. The minimum atomic E-state index is -0.0537. The summed E-state index contributed by atoms with van der Waals surface area (Å²) in [6.45, 7) is 4.14. The van der Waals surface area contributed by atoms with Gasteiger partial charge in [0.25, 0.3) is 5.91 Å². The van der Waals surface area contributed by atoms with Crippen LogP contribution < -0.4 is 10.2 Å². The summed E-state index contributed by atoms with van der Waals surface area (Å²) in [4.78, 5) is 14.5. The highest BCUT2D eigenvalue weighted by Gasteiger charge is 2.16. The number of quaternary nitrogens is 1. The molecule has 5 heteroatoms. The Hall–Kier alpha value is -1.36. The third-order valence-electron chi connectivity index (χ3n) is 4.36. The fourth-order valence-corrected chi connectivity index (χ4v) is 4.06. The van der Waals surface area contributed by atoms with E-state index in [1.165, 1.54) is 54.8 Å². The number of amides is 1. The van der Waals surface area contributed by atoms with Crippen LogP contribution in [0.4, 0.5) is 0 Å². The molecule has 0 unspecified atom stereocenters. The molecule has 2 N–H and O–H groups in total. The Kier molecular flexibility index (Phi) is 5.70. The summed E-state index contributed by atoms with van der Waals surface area (Å²) in [6, 6.07) is 12.0. The molecular formula is C18H22ClN2OS+. The molecule has 2 heterocycles. The van der Waals surface area contributed by atoms with Crippen LogP contribution in [0.15, 0.2) is 36.4 Å². The van der Waals surface area contributed by atoms with E-state index in [9.17, 15) is 4.79 Å². The highest BCUT2D eigenvalue weighted by atomic mass is 35.5. The molecule has 122 valence electrons. The Morgan fingerprint density at radius 3 is 2.52 bits per heavy atom. The molecule has 0 saturated carbocycles. The lowest BCUT2D eigenvalue weighted by Crippen LogP contribution is -3.11. The quantitative estimate of drug-likeness (QED) is 0.855. The zero-order valence-electron chi connectivity index (χ0n) is 13.1. The average molecular weight is 350 g/mol. The summed E-state index contributed by atoms with van der Waals surface area (Å²) in [7, 11) is 0. The highest BCUT2D eigenvalue weighted by Crippen LogP contribution is 2.21. The normalized spacial score (nSPS) is 15.5. The van der Waals surface area contributed by atoms with Crippen molar-refractivity contribution >= 4 is 28.8 Å². The van der Waals surface area contributed by atoms with Gasteiger partial charge in [0, 0.05) is 12.1 Å². The number of hydrogen-bond acceptors (Lipinski definition) is 2. The number of halogens is 1. The number of rotatable bonds is 5. The van der Waals surface area contributed by atoms with Crippen LogP contribution in [0.5, 0.6) is 0 Å². The fourth-order valence-electron chi connectivity index (χ4n) is 3.10. The van der Waals surface area contributed by atoms with Crippen LogP contribution >= 0.6 is 22.9 Å². The summed E-state index contributed by atoms with van der Waals surface area (Å²) in [6.07, 6.45) is 4.02. The van der Waals surface area contributed by atoms with Gasteiger partial charge in [0.15, 0.2) is 0 Å². The number of thiophene rings is 1. The molecule has 1 aromatic carbocycles. The van der Waals surface area contributed by atoms with Crippen LogP contribution in [0.2, 0.25) is 4.34 Å². The van der Waals surface area contributed by atoms with Crippen LogP contribution in [-0.4, -0.2) is 19.0 Å². The van der Waals surface area contributed by atoms with Crippen LogP contribution in [0.3, 0.4) is 0 Å². The number of likely N-dealkylation sites (tertiary alicyclic amines) is 1. The topological polar surface area (TPSA) is 33.5 Å². The van der Waals surface area contributed by atoms with Crippen LogP contribution in [0.25, 0.3) is 0 Å². The standard InChI is InChI=1S/C18H21ClN2OS/c19-17-9-8-16(23-17)18(22)20-12-14-6-2-3-7-15(14)13-21-10-4-1-5-11-21/h2-3,6-9H,1,4-5,10-13H2,(H,20,22)/p+1. The first-order valence-corrected chi connectivity index (χ1v) is 9.36. The molecule has 0 spiro atoms. The van der Waals surface area contributed by atoms with Crippen molar-refractivity contribution in [2.75, 3.05) is 13.1 Å². The first-order valence-electron chi connectivity index (χ1n) is 8.16. The van der Waals surface area contributed by atoms with Gasteiger partial charge in [0.2, 0.25) is 0 Å². The summed E-state index contributed by atoms with van der Waals surface area (Å²) in [5.41, 5.74) is 2.55. The number of nitrogens with one attached hydrogen (secondary N) is 2. The third kappa shape index (κ3) is 4.56. The van der Waals surface area contributed by atoms with Crippen LogP contribution in [-0.2, 0) is 13.1 Å². The Bertz CT molecular complexity index is 665. The van der Waals surface area contributed by atoms with Crippen molar-refractivity contribution < 1.29 is 9.69 Å². The molecule has 1 aliphatic rings. The molecule has 1 aromatic heterocycles. The number of piperidine rings is 1. The lowest BCUT2D eigenvalue weighted by Gasteiger charge is -2.24. The van der Waals surface area contributed by atoms with Crippen molar-refractivity contribution in [2.24, 2.45) is 0 Å². The second-order valence-electron chi connectivity index (χ2n) is 6.04. The summed E-state index contributed by atoms with van der Waals surface area (Å²) in [5, 5.41) is 3.01.